The van der Waals surface area contributed by atoms with E-state index in [0.29, 0.717) is 0 Å². The van der Waals surface area contributed by atoms with Crippen LogP contribution in [0.1, 0.15) is 27.7 Å². The number of rotatable bonds is 4. The molecule has 0 N–H and O–H groups in total. The quantitative estimate of drug-likeness (QED) is 0.552. The maximum absolute atomic E-state index is 11.2. The van der Waals surface area contributed by atoms with Crippen molar-refractivity contribution in [1.82, 2.24) is 0 Å². The fourth-order valence-electron chi connectivity index (χ4n) is 0.645. The van der Waals surface area contributed by atoms with Crippen LogP contribution in [-0.4, -0.2) is 15.5 Å². The highest BCUT2D eigenvalue weighted by Crippen LogP contribution is 2.10. The van der Waals surface area contributed by atoms with E-state index in [-0.39, 0.29) is 4.91 Å². The molecular formula is C11H20O3S. The molecule has 0 heterocycles. The van der Waals surface area contributed by atoms with E-state index in [1.165, 1.54) is 12.2 Å². The fraction of sp³-hybridized carbons (Fsp3) is 0.455. The Kier molecular flexibility index (Phi) is 9.31. The lowest BCUT2D eigenvalue weighted by Crippen LogP contribution is -2.03. The Hall–Kier alpha value is -0.870. The first-order valence-electron chi connectivity index (χ1n) is 4.74. The largest absolute Gasteiger partial charge is 0.296 e. The van der Waals surface area contributed by atoms with Gasteiger partial charge in [-0.25, -0.2) is 0 Å². The third-order valence-electron chi connectivity index (χ3n) is 1.32. The second-order valence-electron chi connectivity index (χ2n) is 2.49. The number of hydrogen-bond donors (Lipinski definition) is 0. The van der Waals surface area contributed by atoms with E-state index >= 15 is 0 Å². The molecule has 0 fully saturated rings. The third kappa shape index (κ3) is 7.11. The summed E-state index contributed by atoms with van der Waals surface area (Å²) in [5.74, 6) is 0. The molecule has 0 atom stereocenters. The maximum atomic E-state index is 11.2. The first-order valence-corrected chi connectivity index (χ1v) is 6.15. The fourth-order valence-corrected chi connectivity index (χ4v) is 1.36. The zero-order valence-electron chi connectivity index (χ0n) is 10.1. The predicted octanol–water partition coefficient (Wildman–Crippen LogP) is 3.02. The SMILES string of the molecule is C=C(C)/C=C\C(=C/C)S(=O)(=O)OC.CC. The Bertz CT molecular complexity index is 335. The molecule has 0 aliphatic heterocycles. The molecule has 0 bridgehead atoms. The summed E-state index contributed by atoms with van der Waals surface area (Å²) in [5, 5.41) is 0. The van der Waals surface area contributed by atoms with Crippen molar-refractivity contribution < 1.29 is 12.6 Å². The third-order valence-corrected chi connectivity index (χ3v) is 2.71. The average molecular weight is 232 g/mol. The van der Waals surface area contributed by atoms with Gasteiger partial charge in [0.25, 0.3) is 10.1 Å². The highest BCUT2D eigenvalue weighted by molar-refractivity contribution is 7.90. The van der Waals surface area contributed by atoms with Crippen LogP contribution in [0.2, 0.25) is 0 Å². The molecule has 0 saturated carbocycles. The van der Waals surface area contributed by atoms with Crippen molar-refractivity contribution in [2.45, 2.75) is 27.7 Å². The molecule has 15 heavy (non-hydrogen) atoms. The van der Waals surface area contributed by atoms with Gasteiger partial charge >= 0.3 is 0 Å². The summed E-state index contributed by atoms with van der Waals surface area (Å²) in [6.07, 6.45) is 4.55. The Labute approximate surface area is 93.3 Å². The van der Waals surface area contributed by atoms with E-state index in [1.807, 2.05) is 13.8 Å². The first kappa shape index (κ1) is 16.6. The van der Waals surface area contributed by atoms with Crippen LogP contribution in [0.3, 0.4) is 0 Å². The van der Waals surface area contributed by atoms with Gasteiger partial charge < -0.3 is 0 Å². The second kappa shape index (κ2) is 8.44. The van der Waals surface area contributed by atoms with Crippen LogP contribution in [0, 0.1) is 0 Å². The van der Waals surface area contributed by atoms with Gasteiger partial charge in [-0.15, -0.1) is 0 Å². The van der Waals surface area contributed by atoms with Gasteiger partial charge in [0.1, 0.15) is 0 Å². The summed E-state index contributed by atoms with van der Waals surface area (Å²) in [4.78, 5) is 0.137. The molecule has 4 heteroatoms. The van der Waals surface area contributed by atoms with Gasteiger partial charge in [-0.2, -0.15) is 8.42 Å². The number of hydrogen-bond acceptors (Lipinski definition) is 3. The minimum Gasteiger partial charge on any atom is -0.270 e. The molecule has 0 aromatic carbocycles. The molecule has 3 nitrogen and oxygen atoms in total. The summed E-state index contributed by atoms with van der Waals surface area (Å²) in [7, 11) is -2.44. The Morgan fingerprint density at radius 1 is 1.27 bits per heavy atom. The van der Waals surface area contributed by atoms with E-state index in [4.69, 9.17) is 0 Å². The Balaban J connectivity index is 0. The average Bonchev–Trinajstić information content (AvgIpc) is 2.21. The number of allylic oxidation sites excluding steroid dienone is 4. The molecule has 0 aliphatic carbocycles. The molecule has 0 rings (SSSR count). The Morgan fingerprint density at radius 3 is 2.00 bits per heavy atom. The maximum Gasteiger partial charge on any atom is 0.296 e. The molecule has 88 valence electrons. The van der Waals surface area contributed by atoms with Crippen molar-refractivity contribution in [3.8, 4) is 0 Å². The van der Waals surface area contributed by atoms with Crippen LogP contribution in [0.25, 0.3) is 0 Å². The zero-order valence-corrected chi connectivity index (χ0v) is 10.9. The van der Waals surface area contributed by atoms with Crippen LogP contribution in [0.4, 0.5) is 0 Å². The highest BCUT2D eigenvalue weighted by Gasteiger charge is 2.11. The molecule has 0 saturated heterocycles. The van der Waals surface area contributed by atoms with Gasteiger partial charge in [-0.1, -0.05) is 38.2 Å². The molecular weight excluding hydrogens is 212 g/mol. The van der Waals surface area contributed by atoms with Crippen molar-refractivity contribution in [2.24, 2.45) is 0 Å². The van der Waals surface area contributed by atoms with E-state index in [2.05, 4.69) is 10.8 Å². The minimum absolute atomic E-state index is 0.137. The van der Waals surface area contributed by atoms with Crippen molar-refractivity contribution in [3.63, 3.8) is 0 Å². The summed E-state index contributed by atoms with van der Waals surface area (Å²) in [6, 6.07) is 0. The van der Waals surface area contributed by atoms with Crippen LogP contribution >= 0.6 is 0 Å². The summed E-state index contributed by atoms with van der Waals surface area (Å²) in [6.45, 7) is 11.0. The molecule has 0 aliphatic rings. The lowest BCUT2D eigenvalue weighted by Gasteiger charge is -2.00. The topological polar surface area (TPSA) is 43.4 Å². The first-order chi connectivity index (χ1) is 6.94. The van der Waals surface area contributed by atoms with Crippen LogP contribution in [0.15, 0.2) is 35.3 Å². The minimum atomic E-state index is -3.57. The van der Waals surface area contributed by atoms with Crippen LogP contribution in [-0.2, 0) is 14.3 Å². The molecule has 0 spiro atoms. The predicted molar refractivity (Wildman–Crippen MR) is 65.0 cm³/mol. The van der Waals surface area contributed by atoms with Crippen molar-refractivity contribution in [1.29, 1.82) is 0 Å². The lowest BCUT2D eigenvalue weighted by atomic mass is 10.3. The van der Waals surface area contributed by atoms with Gasteiger partial charge in [0.15, 0.2) is 0 Å². The smallest absolute Gasteiger partial charge is 0.270 e. The highest BCUT2D eigenvalue weighted by atomic mass is 32.2. The molecule has 0 unspecified atom stereocenters. The van der Waals surface area contributed by atoms with Crippen molar-refractivity contribution >= 4 is 10.1 Å². The standard InChI is InChI=1S/C9H14O3S.C2H6/c1-5-9(7-6-8(2)3)13(10,11)12-4;1-2/h5-7H,2H2,1,3-4H3;1-2H3/b7-6-,9-5+;. The summed E-state index contributed by atoms with van der Waals surface area (Å²) < 4.78 is 26.7. The van der Waals surface area contributed by atoms with E-state index in [0.717, 1.165) is 12.7 Å². The van der Waals surface area contributed by atoms with Crippen LogP contribution in [0.5, 0.6) is 0 Å². The summed E-state index contributed by atoms with van der Waals surface area (Å²) in [5.41, 5.74) is 0.783. The van der Waals surface area contributed by atoms with Gasteiger partial charge in [-0.05, 0) is 19.9 Å². The normalized spacial score (nSPS) is 12.2. The van der Waals surface area contributed by atoms with Crippen molar-refractivity contribution in [2.75, 3.05) is 7.11 Å². The van der Waals surface area contributed by atoms with Gasteiger partial charge in [-0.3, -0.25) is 4.18 Å². The molecule has 0 aromatic heterocycles. The second-order valence-corrected chi connectivity index (χ2v) is 4.20. The Morgan fingerprint density at radius 2 is 1.73 bits per heavy atom. The van der Waals surface area contributed by atoms with Gasteiger partial charge in [0, 0.05) is 0 Å². The monoisotopic (exact) mass is 232 g/mol. The van der Waals surface area contributed by atoms with E-state index in [1.54, 1.807) is 19.9 Å². The molecule has 0 aromatic rings. The van der Waals surface area contributed by atoms with Crippen molar-refractivity contribution in [3.05, 3.63) is 35.3 Å². The van der Waals surface area contributed by atoms with Gasteiger partial charge in [0.05, 0.1) is 12.0 Å². The lowest BCUT2D eigenvalue weighted by molar-refractivity contribution is 0.404. The molecule has 0 amide bonds. The summed E-state index contributed by atoms with van der Waals surface area (Å²) >= 11 is 0. The van der Waals surface area contributed by atoms with Gasteiger partial charge in [0.2, 0.25) is 0 Å². The van der Waals surface area contributed by atoms with Crippen LogP contribution < -0.4 is 0 Å². The molecule has 0 radical (unpaired) electrons. The van der Waals surface area contributed by atoms with E-state index in [9.17, 15) is 8.42 Å². The van der Waals surface area contributed by atoms with E-state index < -0.39 is 10.1 Å². The zero-order chi connectivity index (χ0) is 12.5.